The number of nitrogens with zero attached hydrogens (tertiary/aromatic N) is 4. The smallest absolute Gasteiger partial charge is 0.210 e. The predicted octanol–water partition coefficient (Wildman–Crippen LogP) is 19.0. The molecule has 10 aromatic carbocycles. The van der Waals surface area contributed by atoms with Crippen LogP contribution in [0.15, 0.2) is 254 Å². The molecule has 4 aliphatic heterocycles. The summed E-state index contributed by atoms with van der Waals surface area (Å²) < 4.78 is 4.97. The summed E-state index contributed by atoms with van der Waals surface area (Å²) in [5.74, 6) is 0. The SMILES string of the molecule is C=C(C)CC1(C)C(=CC=CC2=[N+](C)c3ccc4ccccc4c3C23Cc2ccccc2C3)N(C)c2cc(Cc3cc4c(c5ccccc35)C(C)(CC(=C)C)C(=CC=CC3=[N+](C)c5ccc6ccccc6c5C35Cc3ccccc3C5)N4C)c3ccccc3c21. The van der Waals surface area contributed by atoms with Crippen molar-refractivity contribution in [3.05, 3.63) is 310 Å². The molecule has 4 heteroatoms. The second-order valence-electron chi connectivity index (χ2n) is 27.7. The van der Waals surface area contributed by atoms with Gasteiger partial charge in [-0.05, 0) is 197 Å². The van der Waals surface area contributed by atoms with Crippen molar-refractivity contribution in [2.75, 3.05) is 38.0 Å². The lowest BCUT2D eigenvalue weighted by molar-refractivity contribution is -0.401. The lowest BCUT2D eigenvalue weighted by Gasteiger charge is -2.30. The Labute approximate surface area is 525 Å². The quantitative estimate of drug-likeness (QED) is 0.1000. The zero-order chi connectivity index (χ0) is 60.9. The molecule has 16 rings (SSSR count). The number of fused-ring (bicyclic) bond motifs is 16. The van der Waals surface area contributed by atoms with Gasteiger partial charge in [-0.3, -0.25) is 0 Å². The van der Waals surface area contributed by atoms with Gasteiger partial charge in [-0.25, -0.2) is 0 Å². The Morgan fingerprint density at radius 1 is 0.438 bits per heavy atom. The van der Waals surface area contributed by atoms with Crippen LogP contribution in [0.5, 0.6) is 0 Å². The van der Waals surface area contributed by atoms with E-state index in [0.717, 1.165) is 44.9 Å². The zero-order valence-corrected chi connectivity index (χ0v) is 52.9. The van der Waals surface area contributed by atoms with E-state index in [1.54, 1.807) is 0 Å². The molecule has 4 heterocycles. The van der Waals surface area contributed by atoms with Crippen molar-refractivity contribution >= 4 is 77.3 Å². The Kier molecular flexibility index (Phi) is 12.4. The minimum Gasteiger partial charge on any atom is -0.347 e. The summed E-state index contributed by atoms with van der Waals surface area (Å²) in [5.41, 5.74) is 26.0. The van der Waals surface area contributed by atoms with Gasteiger partial charge in [-0.1, -0.05) is 169 Å². The van der Waals surface area contributed by atoms with Crippen molar-refractivity contribution in [2.24, 2.45) is 0 Å². The predicted molar refractivity (Wildman–Crippen MR) is 376 cm³/mol. The van der Waals surface area contributed by atoms with Gasteiger partial charge in [0.15, 0.2) is 11.4 Å². The summed E-state index contributed by atoms with van der Waals surface area (Å²) >= 11 is 0. The van der Waals surface area contributed by atoms with Gasteiger partial charge in [0.1, 0.15) is 14.1 Å². The lowest BCUT2D eigenvalue weighted by Crippen LogP contribution is -2.35. The summed E-state index contributed by atoms with van der Waals surface area (Å²) in [5, 5.41) is 10.6. The second kappa shape index (κ2) is 20.1. The molecule has 89 heavy (non-hydrogen) atoms. The average Bonchev–Trinajstić information content (AvgIpc) is 1.59. The molecule has 0 radical (unpaired) electrons. The van der Waals surface area contributed by atoms with E-state index in [9.17, 15) is 0 Å². The summed E-state index contributed by atoms with van der Waals surface area (Å²) in [6.45, 7) is 18.5. The molecule has 436 valence electrons. The third-order valence-corrected chi connectivity index (χ3v) is 22.0. The molecule has 0 saturated carbocycles. The molecule has 0 saturated heterocycles. The zero-order valence-electron chi connectivity index (χ0n) is 52.9. The maximum absolute atomic E-state index is 4.60. The molecule has 2 unspecified atom stereocenters. The lowest BCUT2D eigenvalue weighted by atomic mass is 9.73. The van der Waals surface area contributed by atoms with Crippen LogP contribution in [0.25, 0.3) is 43.1 Å². The van der Waals surface area contributed by atoms with E-state index in [1.165, 1.54) is 155 Å². The van der Waals surface area contributed by atoms with Gasteiger partial charge in [0.05, 0.1) is 10.8 Å². The summed E-state index contributed by atoms with van der Waals surface area (Å²) in [4.78, 5) is 5.01. The van der Waals surface area contributed by atoms with Gasteiger partial charge in [-0.2, -0.15) is 9.15 Å². The van der Waals surface area contributed by atoms with Crippen LogP contribution in [0.4, 0.5) is 22.7 Å². The van der Waals surface area contributed by atoms with Crippen molar-refractivity contribution < 1.29 is 9.15 Å². The van der Waals surface area contributed by atoms with Gasteiger partial charge in [0, 0.05) is 83.1 Å². The molecule has 0 amide bonds. The number of benzene rings is 10. The molecule has 0 bridgehead atoms. The van der Waals surface area contributed by atoms with Crippen LogP contribution in [0.1, 0.15) is 96.2 Å². The molecule has 4 nitrogen and oxygen atoms in total. The number of hydrogen-bond donors (Lipinski definition) is 0. The highest BCUT2D eigenvalue weighted by Crippen LogP contribution is 2.58. The first-order valence-electron chi connectivity index (χ1n) is 32.2. The van der Waals surface area contributed by atoms with E-state index in [-0.39, 0.29) is 21.7 Å². The molecule has 0 N–H and O–H groups in total. The molecular weight excluding hydrogens is 1080 g/mol. The fourth-order valence-electron chi connectivity index (χ4n) is 18.7. The topological polar surface area (TPSA) is 12.5 Å². The highest BCUT2D eigenvalue weighted by atomic mass is 15.2. The Balaban J connectivity index is 0.780. The van der Waals surface area contributed by atoms with Crippen LogP contribution in [-0.2, 0) is 53.8 Å². The maximum atomic E-state index is 4.60. The molecule has 10 aromatic rings. The average molecular weight is 1160 g/mol. The third kappa shape index (κ3) is 7.97. The fourth-order valence-corrected chi connectivity index (χ4v) is 18.7. The molecule has 6 aliphatic rings. The largest absolute Gasteiger partial charge is 0.347 e. The molecule has 2 atom stereocenters. The van der Waals surface area contributed by atoms with Crippen LogP contribution < -0.4 is 9.80 Å². The van der Waals surface area contributed by atoms with Crippen LogP contribution in [0.3, 0.4) is 0 Å². The van der Waals surface area contributed by atoms with Gasteiger partial charge >= 0.3 is 0 Å². The highest BCUT2D eigenvalue weighted by molar-refractivity contribution is 6.11. The van der Waals surface area contributed by atoms with E-state index in [0.29, 0.717) is 0 Å². The monoisotopic (exact) mass is 1150 g/mol. The van der Waals surface area contributed by atoms with Crippen LogP contribution in [-0.4, -0.2) is 48.8 Å². The van der Waals surface area contributed by atoms with Crippen LogP contribution >= 0.6 is 0 Å². The molecule has 0 aromatic heterocycles. The van der Waals surface area contributed by atoms with Crippen LogP contribution in [0.2, 0.25) is 0 Å². The van der Waals surface area contributed by atoms with Crippen molar-refractivity contribution in [3.8, 4) is 0 Å². The Morgan fingerprint density at radius 3 is 1.15 bits per heavy atom. The van der Waals surface area contributed by atoms with Gasteiger partial charge < -0.3 is 9.80 Å². The van der Waals surface area contributed by atoms with Crippen LogP contribution in [0, 0.1) is 0 Å². The first kappa shape index (κ1) is 55.0. The Bertz CT molecular complexity index is 4630. The molecular formula is C85H78N4+2. The number of hydrogen-bond acceptors (Lipinski definition) is 2. The van der Waals surface area contributed by atoms with Crippen molar-refractivity contribution in [1.29, 1.82) is 0 Å². The van der Waals surface area contributed by atoms with Crippen molar-refractivity contribution in [1.82, 2.24) is 0 Å². The van der Waals surface area contributed by atoms with E-state index in [1.807, 2.05) is 0 Å². The minimum absolute atomic E-state index is 0.169. The highest BCUT2D eigenvalue weighted by Gasteiger charge is 2.56. The standard InChI is InChI=1S/C85H78N4/c1-54(2)48-82(5)74(37-23-39-76-84(50-58-27-11-12-28-59(58)51-84)80-66-33-17-15-25-56(66)41-43-70(80)86(76)7)88(9)72-46-62(64-31-19-21-35-68(64)78(72)82)45-63-47-73-79(69-36-22-20-32-65(63)69)83(6,49-55(3)4)75(89(73)10)38-24-40-77-85(52-60-29-13-14-30-61(60)53-85)81-67-34-18-16-26-57(67)42-44-71(81)87(77)8/h11-44,46-47H,1,3,45,48-53H2,2,4-10H3/q+2. The number of allylic oxidation sites excluding steroid dienone is 10. The second-order valence-corrected chi connectivity index (χ2v) is 27.7. The first-order valence-corrected chi connectivity index (χ1v) is 32.2. The third-order valence-electron chi connectivity index (χ3n) is 22.0. The molecule has 2 spiro atoms. The Morgan fingerprint density at radius 2 is 0.775 bits per heavy atom. The number of anilines is 2. The van der Waals surface area contributed by atoms with E-state index in [2.05, 4.69) is 306 Å². The Hall–Kier alpha value is -9.38. The van der Waals surface area contributed by atoms with Gasteiger partial charge in [-0.15, -0.1) is 13.2 Å². The number of likely N-dealkylation sites (N-methyl/N-ethyl adjacent to an activating group) is 2. The van der Waals surface area contributed by atoms with Crippen molar-refractivity contribution in [2.45, 2.75) is 94.3 Å². The van der Waals surface area contributed by atoms with E-state index >= 15 is 0 Å². The van der Waals surface area contributed by atoms with Gasteiger partial charge in [0.2, 0.25) is 11.4 Å². The molecule has 2 aliphatic carbocycles. The summed E-state index contributed by atoms with van der Waals surface area (Å²) in [6.07, 6.45) is 20.9. The normalized spacial score (nSPS) is 20.9. The van der Waals surface area contributed by atoms with E-state index in [4.69, 9.17) is 0 Å². The first-order chi connectivity index (χ1) is 43.1. The summed E-state index contributed by atoms with van der Waals surface area (Å²) in [6, 6.07) is 69.1. The number of rotatable bonds is 10. The fraction of sp³-hybridized carbons (Fsp3) is 0.224. The minimum atomic E-state index is -0.328. The van der Waals surface area contributed by atoms with Crippen molar-refractivity contribution in [3.63, 3.8) is 0 Å². The van der Waals surface area contributed by atoms with Gasteiger partial charge in [0.25, 0.3) is 0 Å². The van der Waals surface area contributed by atoms with E-state index < -0.39 is 0 Å². The molecule has 0 fully saturated rings. The summed E-state index contributed by atoms with van der Waals surface area (Å²) in [7, 11) is 9.16. The maximum Gasteiger partial charge on any atom is 0.210 e.